The van der Waals surface area contributed by atoms with Crippen molar-refractivity contribution in [3.05, 3.63) is 34.9 Å². The van der Waals surface area contributed by atoms with E-state index in [2.05, 4.69) is 48.2 Å². The molecule has 1 aromatic carbocycles. The number of hydrogen-bond acceptors (Lipinski definition) is 7. The number of aromatic nitrogens is 2. The van der Waals surface area contributed by atoms with Gasteiger partial charge in [-0.2, -0.15) is 4.98 Å². The molecule has 2 rings (SSSR count). The number of anilines is 3. The molecule has 172 valence electrons. The van der Waals surface area contributed by atoms with Crippen LogP contribution < -0.4 is 15.4 Å². The molecule has 1 aromatic heterocycles. The molecule has 1 heterocycles. The van der Waals surface area contributed by atoms with Crippen LogP contribution in [0.5, 0.6) is 0 Å². The number of nitrogens with zero attached hydrogens (tertiary/aromatic N) is 2. The summed E-state index contributed by atoms with van der Waals surface area (Å²) in [4.78, 5) is 8.88. The number of nitrogens with one attached hydrogen (secondary N) is 3. The van der Waals surface area contributed by atoms with Crippen molar-refractivity contribution in [3.63, 3.8) is 0 Å². The lowest BCUT2D eigenvalue weighted by molar-refractivity contribution is 0.271. The van der Waals surface area contributed by atoms with Crippen molar-refractivity contribution in [1.29, 1.82) is 0 Å². The summed E-state index contributed by atoms with van der Waals surface area (Å²) in [5.41, 5.74) is 0.668. The predicted molar refractivity (Wildman–Crippen MR) is 128 cm³/mol. The van der Waals surface area contributed by atoms with Crippen LogP contribution in [0.4, 0.5) is 17.5 Å². The molecule has 0 bridgehead atoms. The summed E-state index contributed by atoms with van der Waals surface area (Å²) >= 11 is 3.40. The minimum atomic E-state index is -3.52. The quantitative estimate of drug-likeness (QED) is 0.276. The smallest absolute Gasteiger partial charge is 0.240 e. The van der Waals surface area contributed by atoms with Gasteiger partial charge in [-0.05, 0) is 53.0 Å². The van der Waals surface area contributed by atoms with E-state index in [1.807, 2.05) is 6.92 Å². The van der Waals surface area contributed by atoms with Crippen LogP contribution in [0.15, 0.2) is 39.8 Å². The van der Waals surface area contributed by atoms with Crippen molar-refractivity contribution in [2.45, 2.75) is 63.3 Å². The first-order valence-electron chi connectivity index (χ1n) is 10.7. The first-order chi connectivity index (χ1) is 14.9. The maximum atomic E-state index is 12.4. The van der Waals surface area contributed by atoms with E-state index < -0.39 is 10.0 Å². The zero-order valence-electron chi connectivity index (χ0n) is 18.1. The molecule has 0 amide bonds. The van der Waals surface area contributed by atoms with Crippen molar-refractivity contribution < 1.29 is 13.5 Å². The number of benzene rings is 1. The summed E-state index contributed by atoms with van der Waals surface area (Å²) in [6, 6.07) is 6.35. The Morgan fingerprint density at radius 3 is 2.45 bits per heavy atom. The average Bonchev–Trinajstić information content (AvgIpc) is 2.77. The largest absolute Gasteiger partial charge is 0.394 e. The molecule has 0 spiro atoms. The number of unbranched alkanes of at least 4 members (excludes halogenated alkanes) is 4. The minimum absolute atomic E-state index is 0.00157. The summed E-state index contributed by atoms with van der Waals surface area (Å²) in [7, 11) is -3.52. The van der Waals surface area contributed by atoms with E-state index in [4.69, 9.17) is 0 Å². The maximum absolute atomic E-state index is 12.4. The van der Waals surface area contributed by atoms with Crippen LogP contribution in [-0.4, -0.2) is 42.7 Å². The summed E-state index contributed by atoms with van der Waals surface area (Å²) in [5, 5.41) is 15.6. The molecule has 0 saturated heterocycles. The Bertz CT molecular complexity index is 906. The fourth-order valence-corrected chi connectivity index (χ4v) is 4.24. The first kappa shape index (κ1) is 25.5. The normalized spacial score (nSPS) is 12.5. The fraction of sp³-hybridized carbons (Fsp3) is 0.524. The Hall–Kier alpha value is -1.75. The van der Waals surface area contributed by atoms with Crippen molar-refractivity contribution in [3.8, 4) is 0 Å². The summed E-state index contributed by atoms with van der Waals surface area (Å²) in [6.07, 6.45) is 7.71. The molecular weight excluding hydrogens is 482 g/mol. The topological polar surface area (TPSA) is 116 Å². The van der Waals surface area contributed by atoms with Gasteiger partial charge >= 0.3 is 0 Å². The van der Waals surface area contributed by atoms with E-state index in [0.29, 0.717) is 28.5 Å². The van der Waals surface area contributed by atoms with E-state index >= 15 is 0 Å². The minimum Gasteiger partial charge on any atom is -0.394 e. The van der Waals surface area contributed by atoms with Gasteiger partial charge in [-0.25, -0.2) is 18.1 Å². The Kier molecular flexibility index (Phi) is 10.7. The van der Waals surface area contributed by atoms with Crippen molar-refractivity contribution in [2.24, 2.45) is 0 Å². The third kappa shape index (κ3) is 8.36. The van der Waals surface area contributed by atoms with E-state index in [0.717, 1.165) is 32.1 Å². The molecule has 8 nitrogen and oxygen atoms in total. The second kappa shape index (κ2) is 12.9. The number of rotatable bonds is 14. The molecule has 0 aliphatic rings. The second-order valence-corrected chi connectivity index (χ2v) is 9.90. The molecule has 0 radical (unpaired) electrons. The number of hydrogen-bond donors (Lipinski definition) is 4. The Balaban J connectivity index is 1.97. The van der Waals surface area contributed by atoms with Crippen LogP contribution in [0.2, 0.25) is 0 Å². The highest BCUT2D eigenvalue weighted by Gasteiger charge is 2.14. The molecule has 0 fully saturated rings. The average molecular weight is 514 g/mol. The highest BCUT2D eigenvalue weighted by atomic mass is 79.9. The molecule has 4 N–H and O–H groups in total. The maximum Gasteiger partial charge on any atom is 0.240 e. The van der Waals surface area contributed by atoms with Crippen LogP contribution in [0.1, 0.15) is 52.4 Å². The van der Waals surface area contributed by atoms with Crippen molar-refractivity contribution in [2.75, 3.05) is 23.8 Å². The van der Waals surface area contributed by atoms with E-state index in [9.17, 15) is 13.5 Å². The van der Waals surface area contributed by atoms with Gasteiger partial charge < -0.3 is 15.7 Å². The second-order valence-electron chi connectivity index (χ2n) is 7.28. The van der Waals surface area contributed by atoms with Crippen LogP contribution in [0, 0.1) is 0 Å². The number of aliphatic hydroxyl groups excluding tert-OH is 1. The Morgan fingerprint density at radius 1 is 1.10 bits per heavy atom. The van der Waals surface area contributed by atoms with Crippen LogP contribution >= 0.6 is 15.9 Å². The van der Waals surface area contributed by atoms with Gasteiger partial charge in [0, 0.05) is 18.4 Å². The van der Waals surface area contributed by atoms with E-state index in [1.165, 1.54) is 6.42 Å². The Labute approximate surface area is 193 Å². The first-order valence-corrected chi connectivity index (χ1v) is 12.9. The van der Waals surface area contributed by atoms with E-state index in [1.54, 1.807) is 30.5 Å². The van der Waals surface area contributed by atoms with Gasteiger partial charge in [0.1, 0.15) is 5.82 Å². The molecule has 0 aliphatic carbocycles. The highest BCUT2D eigenvalue weighted by molar-refractivity contribution is 9.10. The lowest BCUT2D eigenvalue weighted by atomic mass is 10.2. The molecule has 1 atom stereocenters. The molecule has 0 aliphatic heterocycles. The van der Waals surface area contributed by atoms with E-state index in [-0.39, 0.29) is 17.5 Å². The molecule has 0 saturated carbocycles. The van der Waals surface area contributed by atoms with Crippen LogP contribution in [0.25, 0.3) is 0 Å². The molecular formula is C21H32BrN5O3S. The lowest BCUT2D eigenvalue weighted by Gasteiger charge is -2.16. The van der Waals surface area contributed by atoms with Gasteiger partial charge in [0.05, 0.1) is 22.0 Å². The third-order valence-corrected chi connectivity index (χ3v) is 6.85. The number of aliphatic hydroxyl groups is 1. The molecule has 10 heteroatoms. The fourth-order valence-electron chi connectivity index (χ4n) is 2.86. The highest BCUT2D eigenvalue weighted by Crippen LogP contribution is 2.23. The lowest BCUT2D eigenvalue weighted by Crippen LogP contribution is -2.24. The van der Waals surface area contributed by atoms with Gasteiger partial charge in [0.15, 0.2) is 0 Å². The zero-order valence-corrected chi connectivity index (χ0v) is 20.5. The molecule has 0 unspecified atom stereocenters. The predicted octanol–water partition coefficient (Wildman–Crippen LogP) is 4.41. The van der Waals surface area contributed by atoms with Gasteiger partial charge in [0.2, 0.25) is 16.0 Å². The zero-order chi connectivity index (χ0) is 22.7. The Morgan fingerprint density at radius 2 is 1.81 bits per heavy atom. The summed E-state index contributed by atoms with van der Waals surface area (Å²) < 4.78 is 28.2. The number of sulfonamides is 1. The summed E-state index contributed by atoms with van der Waals surface area (Å²) in [6.45, 7) is 4.57. The molecule has 2 aromatic rings. The van der Waals surface area contributed by atoms with Crippen LogP contribution in [-0.2, 0) is 10.0 Å². The molecule has 31 heavy (non-hydrogen) atoms. The monoisotopic (exact) mass is 513 g/mol. The summed E-state index contributed by atoms with van der Waals surface area (Å²) in [5.74, 6) is 0.931. The van der Waals surface area contributed by atoms with Crippen LogP contribution in [0.3, 0.4) is 0 Å². The standard InChI is InChI=1S/C21H32BrN5O3S/c1-3-5-6-7-8-13-24-31(29,30)18-11-9-17(10-12-18)26-21-23-14-19(22)20(27-21)25-16(4-2)15-28/h9-12,14,16,24,28H,3-8,13,15H2,1-2H3,(H2,23,25,26,27)/t16-/m1/s1. The van der Waals surface area contributed by atoms with Gasteiger partial charge in [0.25, 0.3) is 0 Å². The van der Waals surface area contributed by atoms with Gasteiger partial charge in [-0.3, -0.25) is 0 Å². The van der Waals surface area contributed by atoms with Gasteiger partial charge in [-0.1, -0.05) is 39.5 Å². The third-order valence-electron chi connectivity index (χ3n) is 4.79. The van der Waals surface area contributed by atoms with Crippen molar-refractivity contribution in [1.82, 2.24) is 14.7 Å². The SMILES string of the molecule is CCCCCCCNS(=O)(=O)c1ccc(Nc2ncc(Br)c(N[C@H](CC)CO)n2)cc1. The van der Waals surface area contributed by atoms with Crippen molar-refractivity contribution >= 4 is 43.4 Å². The number of halogens is 1. The van der Waals surface area contributed by atoms with Gasteiger partial charge in [-0.15, -0.1) is 0 Å².